The quantitative estimate of drug-likeness (QED) is 0.775. The van der Waals surface area contributed by atoms with Crippen LogP contribution in [-0.2, 0) is 6.42 Å². The summed E-state index contributed by atoms with van der Waals surface area (Å²) in [5.74, 6) is 2.88. The van der Waals surface area contributed by atoms with E-state index < -0.39 is 0 Å². The van der Waals surface area contributed by atoms with E-state index in [0.29, 0.717) is 11.6 Å². The molecule has 0 saturated heterocycles. The normalized spacial score (nSPS) is 39.3. The molecule has 6 rings (SSSR count). The highest BCUT2D eigenvalue weighted by Gasteiger charge is 2.51. The van der Waals surface area contributed by atoms with Crippen molar-refractivity contribution in [1.82, 2.24) is 10.6 Å². The molecule has 1 atom stereocenters. The van der Waals surface area contributed by atoms with Gasteiger partial charge in [-0.25, -0.2) is 0 Å². The zero-order chi connectivity index (χ0) is 16.1. The molecule has 4 fully saturated rings. The van der Waals surface area contributed by atoms with Gasteiger partial charge < -0.3 is 10.6 Å². The van der Waals surface area contributed by atoms with Crippen LogP contribution in [0, 0.1) is 17.8 Å². The number of nitrogens with one attached hydrogen (secondary N) is 2. The number of aryl methyl sites for hydroxylation is 1. The molecule has 5 aliphatic rings. The van der Waals surface area contributed by atoms with Crippen molar-refractivity contribution in [1.29, 1.82) is 0 Å². The Balaban J connectivity index is 1.29. The van der Waals surface area contributed by atoms with Crippen LogP contribution in [0.5, 0.6) is 0 Å². The van der Waals surface area contributed by atoms with Crippen LogP contribution in [0.3, 0.4) is 0 Å². The largest absolute Gasteiger partial charge is 0.357 e. The van der Waals surface area contributed by atoms with E-state index in [-0.39, 0.29) is 0 Å². The molecule has 1 unspecified atom stereocenters. The average Bonchev–Trinajstić information content (AvgIpc) is 2.53. The van der Waals surface area contributed by atoms with Crippen molar-refractivity contribution >= 4 is 17.3 Å². The fourth-order valence-electron chi connectivity index (χ4n) is 6.60. The topological polar surface area (TPSA) is 24.1 Å². The zero-order valence-corrected chi connectivity index (χ0v) is 15.2. The first-order valence-corrected chi connectivity index (χ1v) is 10.3. The second kappa shape index (κ2) is 5.72. The summed E-state index contributed by atoms with van der Waals surface area (Å²) in [7, 11) is 0. The highest BCUT2D eigenvalue weighted by atomic mass is 32.1. The second-order valence-corrected chi connectivity index (χ2v) is 9.35. The summed E-state index contributed by atoms with van der Waals surface area (Å²) in [4.78, 5) is 0. The lowest BCUT2D eigenvalue weighted by Crippen LogP contribution is -2.61. The molecule has 0 amide bonds. The summed E-state index contributed by atoms with van der Waals surface area (Å²) in [5, 5.41) is 8.39. The Bertz CT molecular complexity index is 618. The van der Waals surface area contributed by atoms with E-state index in [2.05, 4.69) is 34.9 Å². The van der Waals surface area contributed by atoms with Crippen LogP contribution in [0.15, 0.2) is 24.3 Å². The van der Waals surface area contributed by atoms with Gasteiger partial charge in [0.1, 0.15) is 0 Å². The van der Waals surface area contributed by atoms with Crippen LogP contribution in [0.4, 0.5) is 0 Å². The number of benzene rings is 1. The van der Waals surface area contributed by atoms with Crippen molar-refractivity contribution < 1.29 is 0 Å². The number of fused-ring (bicyclic) bond motifs is 1. The Morgan fingerprint density at radius 3 is 2.38 bits per heavy atom. The maximum Gasteiger partial charge on any atom is 0.167 e. The van der Waals surface area contributed by atoms with Crippen molar-refractivity contribution in [2.24, 2.45) is 17.8 Å². The summed E-state index contributed by atoms with van der Waals surface area (Å²) >= 11 is 5.78. The minimum absolute atomic E-state index is 0.313. The van der Waals surface area contributed by atoms with E-state index in [4.69, 9.17) is 12.2 Å². The van der Waals surface area contributed by atoms with Gasteiger partial charge in [0.05, 0.1) is 6.04 Å². The third-order valence-corrected chi connectivity index (χ3v) is 7.31. The summed E-state index contributed by atoms with van der Waals surface area (Å²) < 4.78 is 0. The van der Waals surface area contributed by atoms with Crippen molar-refractivity contribution in [3.8, 4) is 0 Å². The lowest BCUT2D eigenvalue weighted by Gasteiger charge is -2.57. The predicted molar refractivity (Wildman–Crippen MR) is 102 cm³/mol. The van der Waals surface area contributed by atoms with Crippen LogP contribution in [0.25, 0.3) is 0 Å². The van der Waals surface area contributed by atoms with Crippen LogP contribution in [0.2, 0.25) is 0 Å². The molecule has 4 bridgehead atoms. The smallest absolute Gasteiger partial charge is 0.167 e. The Labute approximate surface area is 150 Å². The van der Waals surface area contributed by atoms with Crippen LogP contribution >= 0.6 is 12.2 Å². The lowest BCUT2D eigenvalue weighted by atomic mass is 9.53. The molecule has 1 aromatic carbocycles. The second-order valence-electron chi connectivity index (χ2n) is 8.94. The number of hydrogen-bond donors (Lipinski definition) is 2. The van der Waals surface area contributed by atoms with Gasteiger partial charge in [-0.1, -0.05) is 24.3 Å². The van der Waals surface area contributed by atoms with Gasteiger partial charge in [-0.05, 0) is 98.9 Å². The van der Waals surface area contributed by atoms with Gasteiger partial charge in [0.2, 0.25) is 0 Å². The fraction of sp³-hybridized carbons (Fsp3) is 0.667. The molecule has 2 nitrogen and oxygen atoms in total. The maximum absolute atomic E-state index is 5.78. The fourth-order valence-corrected chi connectivity index (χ4v) is 6.96. The van der Waals surface area contributed by atoms with Gasteiger partial charge in [-0.15, -0.1) is 0 Å². The minimum Gasteiger partial charge on any atom is -0.357 e. The van der Waals surface area contributed by atoms with Crippen molar-refractivity contribution in [3.05, 3.63) is 35.4 Å². The van der Waals surface area contributed by atoms with E-state index in [1.54, 1.807) is 0 Å². The van der Waals surface area contributed by atoms with E-state index in [1.165, 1.54) is 68.9 Å². The molecular formula is C21H28N2S. The summed E-state index contributed by atoms with van der Waals surface area (Å²) in [6.45, 7) is 0. The first kappa shape index (κ1) is 15.2. The Morgan fingerprint density at radius 1 is 1.00 bits per heavy atom. The number of rotatable bonds is 2. The van der Waals surface area contributed by atoms with Crippen molar-refractivity contribution in [2.75, 3.05) is 0 Å². The molecule has 1 aromatic rings. The van der Waals surface area contributed by atoms with Gasteiger partial charge in [0, 0.05) is 5.54 Å². The predicted octanol–water partition coefficient (Wildman–Crippen LogP) is 4.50. The van der Waals surface area contributed by atoms with Gasteiger partial charge in [-0.2, -0.15) is 0 Å². The summed E-state index contributed by atoms with van der Waals surface area (Å²) in [5.41, 5.74) is 3.27. The zero-order valence-electron chi connectivity index (χ0n) is 14.4. The molecule has 5 aliphatic carbocycles. The number of thiocarbonyl (C=S) groups is 1. The van der Waals surface area contributed by atoms with Gasteiger partial charge >= 0.3 is 0 Å². The molecule has 0 heterocycles. The first-order chi connectivity index (χ1) is 11.7. The van der Waals surface area contributed by atoms with Crippen LogP contribution < -0.4 is 10.6 Å². The molecule has 0 spiro atoms. The molecular weight excluding hydrogens is 312 g/mol. The van der Waals surface area contributed by atoms with Gasteiger partial charge in [0.15, 0.2) is 5.11 Å². The van der Waals surface area contributed by atoms with E-state index in [0.717, 1.165) is 22.9 Å². The van der Waals surface area contributed by atoms with E-state index in [1.807, 2.05) is 0 Å². The third-order valence-electron chi connectivity index (χ3n) is 7.09. The van der Waals surface area contributed by atoms with E-state index in [9.17, 15) is 0 Å². The Kier molecular flexibility index (Phi) is 3.62. The average molecular weight is 341 g/mol. The lowest BCUT2D eigenvalue weighted by molar-refractivity contribution is -0.0102. The van der Waals surface area contributed by atoms with Crippen LogP contribution in [-0.4, -0.2) is 10.7 Å². The highest BCUT2D eigenvalue weighted by molar-refractivity contribution is 7.80. The SMILES string of the molecule is S=C(NC1CCCc2ccccc21)NC12CC3CC(CC(C3)C1)C2. The molecule has 0 radical (unpaired) electrons. The Morgan fingerprint density at radius 2 is 1.67 bits per heavy atom. The summed E-state index contributed by atoms with van der Waals surface area (Å²) in [6, 6.07) is 9.27. The Hall–Kier alpha value is -1.09. The molecule has 0 aliphatic heterocycles. The van der Waals surface area contributed by atoms with Gasteiger partial charge in [-0.3, -0.25) is 0 Å². The molecule has 24 heavy (non-hydrogen) atoms. The molecule has 3 heteroatoms. The summed E-state index contributed by atoms with van der Waals surface area (Å²) in [6.07, 6.45) is 12.2. The molecule has 0 aromatic heterocycles. The standard InChI is InChI=1S/C21H28N2S/c24-20(22-19-7-3-5-17-4-1-2-6-18(17)19)23-21-11-14-8-15(12-21)10-16(9-14)13-21/h1-2,4,6,14-16,19H,3,5,7-13H2,(H2,22,23,24). The molecule has 128 valence electrons. The van der Waals surface area contributed by atoms with E-state index >= 15 is 0 Å². The highest BCUT2D eigenvalue weighted by Crippen LogP contribution is 2.55. The van der Waals surface area contributed by atoms with Crippen molar-refractivity contribution in [3.63, 3.8) is 0 Å². The van der Waals surface area contributed by atoms with Gasteiger partial charge in [0.25, 0.3) is 0 Å². The molecule has 4 saturated carbocycles. The molecule has 2 N–H and O–H groups in total. The van der Waals surface area contributed by atoms with Crippen LogP contribution in [0.1, 0.15) is 68.5 Å². The maximum atomic E-state index is 5.78. The first-order valence-electron chi connectivity index (χ1n) is 9.86. The minimum atomic E-state index is 0.313. The third kappa shape index (κ3) is 2.65. The monoisotopic (exact) mass is 340 g/mol. The van der Waals surface area contributed by atoms with Crippen molar-refractivity contribution in [2.45, 2.75) is 69.4 Å². The number of hydrogen-bond acceptors (Lipinski definition) is 1.